The van der Waals surface area contributed by atoms with Gasteiger partial charge in [0.25, 0.3) is 0 Å². The van der Waals surface area contributed by atoms with E-state index in [0.717, 1.165) is 18.4 Å². The third kappa shape index (κ3) is 2.64. The zero-order chi connectivity index (χ0) is 20.2. The summed E-state index contributed by atoms with van der Waals surface area (Å²) < 4.78 is 16.6. The Morgan fingerprint density at radius 2 is 2.18 bits per heavy atom. The van der Waals surface area contributed by atoms with Crippen molar-refractivity contribution >= 4 is 11.9 Å². The minimum Gasteiger partial charge on any atom is -0.472 e. The summed E-state index contributed by atoms with van der Waals surface area (Å²) in [5.74, 6) is -0.878. The van der Waals surface area contributed by atoms with Crippen molar-refractivity contribution in [2.45, 2.75) is 71.0 Å². The fourth-order valence-electron chi connectivity index (χ4n) is 6.58. The first-order chi connectivity index (χ1) is 13.2. The number of esters is 2. The van der Waals surface area contributed by atoms with E-state index in [9.17, 15) is 14.7 Å². The molecule has 0 amide bonds. The largest absolute Gasteiger partial charge is 0.472 e. The van der Waals surface area contributed by atoms with Crippen molar-refractivity contribution in [3.63, 3.8) is 0 Å². The Labute approximate surface area is 165 Å². The Hall–Kier alpha value is -1.82. The summed E-state index contributed by atoms with van der Waals surface area (Å²) in [6.45, 7) is 5.56. The molecular weight excluding hydrogens is 360 g/mol. The third-order valence-corrected chi connectivity index (χ3v) is 7.86. The van der Waals surface area contributed by atoms with E-state index in [1.807, 2.05) is 19.9 Å². The predicted octanol–water partition coefficient (Wildman–Crippen LogP) is 3.26. The smallest absolute Gasteiger partial charge is 0.312 e. The number of ether oxygens (including phenoxy) is 2. The molecule has 3 fully saturated rings. The van der Waals surface area contributed by atoms with Gasteiger partial charge in [-0.05, 0) is 56.6 Å². The van der Waals surface area contributed by atoms with E-state index in [4.69, 9.17) is 13.9 Å². The van der Waals surface area contributed by atoms with Gasteiger partial charge in [-0.1, -0.05) is 13.3 Å². The Bertz CT molecular complexity index is 757. The Kier molecular flexibility index (Phi) is 4.60. The molecule has 6 atom stereocenters. The van der Waals surface area contributed by atoms with E-state index >= 15 is 0 Å². The maximum Gasteiger partial charge on any atom is 0.312 e. The van der Waals surface area contributed by atoms with Gasteiger partial charge in [0.2, 0.25) is 0 Å². The van der Waals surface area contributed by atoms with Crippen LogP contribution in [0.3, 0.4) is 0 Å². The van der Waals surface area contributed by atoms with Gasteiger partial charge in [-0.25, -0.2) is 0 Å². The molecule has 4 rings (SSSR count). The van der Waals surface area contributed by atoms with Crippen LogP contribution in [0.25, 0.3) is 0 Å². The maximum absolute atomic E-state index is 12.8. The zero-order valence-electron chi connectivity index (χ0n) is 16.9. The second-order valence-corrected chi connectivity index (χ2v) is 9.32. The van der Waals surface area contributed by atoms with Gasteiger partial charge >= 0.3 is 11.9 Å². The molecule has 154 valence electrons. The van der Waals surface area contributed by atoms with E-state index in [1.165, 1.54) is 6.92 Å². The minimum atomic E-state index is -1.01. The number of carbonyl (C=O) groups is 2. The van der Waals surface area contributed by atoms with Crippen molar-refractivity contribution in [2.24, 2.45) is 22.7 Å². The molecule has 1 N–H and O–H groups in total. The van der Waals surface area contributed by atoms with Crippen LogP contribution in [0.2, 0.25) is 0 Å². The predicted molar refractivity (Wildman–Crippen MR) is 100 cm³/mol. The third-order valence-electron chi connectivity index (χ3n) is 7.86. The van der Waals surface area contributed by atoms with E-state index in [-0.39, 0.29) is 36.5 Å². The highest BCUT2D eigenvalue weighted by Crippen LogP contribution is 2.66. The van der Waals surface area contributed by atoms with Gasteiger partial charge in [0.05, 0.1) is 23.5 Å². The van der Waals surface area contributed by atoms with Crippen molar-refractivity contribution < 1.29 is 28.6 Å². The van der Waals surface area contributed by atoms with Crippen LogP contribution in [0.4, 0.5) is 0 Å². The van der Waals surface area contributed by atoms with Crippen LogP contribution in [0.1, 0.15) is 58.4 Å². The van der Waals surface area contributed by atoms with Crippen molar-refractivity contribution in [2.75, 3.05) is 6.61 Å². The normalized spacial score (nSPS) is 42.4. The molecule has 1 aromatic heterocycles. The Morgan fingerprint density at radius 1 is 1.39 bits per heavy atom. The molecule has 2 heterocycles. The summed E-state index contributed by atoms with van der Waals surface area (Å²) in [6, 6.07) is 1.92. The lowest BCUT2D eigenvalue weighted by atomic mass is 9.41. The fraction of sp³-hybridized carbons (Fsp3) is 0.727. The first kappa shape index (κ1) is 19.5. The van der Waals surface area contributed by atoms with Gasteiger partial charge in [0, 0.05) is 18.3 Å². The highest BCUT2D eigenvalue weighted by atomic mass is 16.6. The molecule has 6 heteroatoms. The topological polar surface area (TPSA) is 86.0 Å². The summed E-state index contributed by atoms with van der Waals surface area (Å²) in [7, 11) is 0. The molecule has 2 bridgehead atoms. The average Bonchev–Trinajstić information content (AvgIpc) is 3.14. The molecule has 28 heavy (non-hydrogen) atoms. The van der Waals surface area contributed by atoms with Crippen molar-refractivity contribution in [1.82, 2.24) is 0 Å². The van der Waals surface area contributed by atoms with E-state index in [1.54, 1.807) is 12.5 Å². The quantitative estimate of drug-likeness (QED) is 0.794. The number of aryl methyl sites for hydroxylation is 1. The van der Waals surface area contributed by atoms with Crippen LogP contribution >= 0.6 is 0 Å². The van der Waals surface area contributed by atoms with Crippen LogP contribution in [0, 0.1) is 22.7 Å². The monoisotopic (exact) mass is 390 g/mol. The van der Waals surface area contributed by atoms with E-state index in [2.05, 4.69) is 0 Å². The van der Waals surface area contributed by atoms with Crippen LogP contribution in [-0.4, -0.2) is 35.4 Å². The van der Waals surface area contributed by atoms with Crippen LogP contribution in [-0.2, 0) is 25.5 Å². The SMILES string of the molecule is CC(=O)O[C@H]1C[C@@H](C)[C@](O)(CCc2ccoc2)[C@]23CCC[C@](C)(C(=O)OC2)C13. The highest BCUT2D eigenvalue weighted by Gasteiger charge is 2.72. The lowest BCUT2D eigenvalue weighted by molar-refractivity contribution is -0.291. The first-order valence-electron chi connectivity index (χ1n) is 10.3. The molecule has 0 aromatic carbocycles. The number of aliphatic hydroxyl groups is 1. The van der Waals surface area contributed by atoms with Crippen LogP contribution in [0.5, 0.6) is 0 Å². The molecule has 1 saturated heterocycles. The van der Waals surface area contributed by atoms with Gasteiger partial charge in [-0.3, -0.25) is 9.59 Å². The molecular formula is C22H30O6. The van der Waals surface area contributed by atoms with Gasteiger partial charge in [-0.2, -0.15) is 0 Å². The van der Waals surface area contributed by atoms with Crippen molar-refractivity contribution in [1.29, 1.82) is 0 Å². The molecule has 0 spiro atoms. The summed E-state index contributed by atoms with van der Waals surface area (Å²) in [5, 5.41) is 12.1. The van der Waals surface area contributed by atoms with Gasteiger partial charge in [-0.15, -0.1) is 0 Å². The molecule has 3 aliphatic rings. The molecule has 2 saturated carbocycles. The molecule has 1 aliphatic heterocycles. The molecule has 0 radical (unpaired) electrons. The number of furan rings is 1. The summed E-state index contributed by atoms with van der Waals surface area (Å²) in [5.41, 5.74) is -1.30. The van der Waals surface area contributed by atoms with Crippen molar-refractivity contribution in [3.8, 4) is 0 Å². The number of hydrogen-bond donors (Lipinski definition) is 1. The molecule has 6 nitrogen and oxygen atoms in total. The Balaban J connectivity index is 1.76. The average molecular weight is 390 g/mol. The van der Waals surface area contributed by atoms with Gasteiger partial charge in [0.15, 0.2) is 0 Å². The summed E-state index contributed by atoms with van der Waals surface area (Å²) in [4.78, 5) is 24.6. The Morgan fingerprint density at radius 3 is 2.86 bits per heavy atom. The van der Waals surface area contributed by atoms with Crippen molar-refractivity contribution in [3.05, 3.63) is 24.2 Å². The zero-order valence-corrected chi connectivity index (χ0v) is 16.9. The lowest BCUT2D eigenvalue weighted by Gasteiger charge is -2.67. The number of rotatable bonds is 4. The minimum absolute atomic E-state index is 0.0841. The van der Waals surface area contributed by atoms with E-state index < -0.39 is 16.4 Å². The first-order valence-corrected chi connectivity index (χ1v) is 10.3. The van der Waals surface area contributed by atoms with Gasteiger partial charge in [0.1, 0.15) is 12.7 Å². The standard InChI is InChI=1S/C22H30O6/c1-14-11-17(28-15(2)23)18-20(3)7-4-8-21(18,13-27-19(20)24)22(14,25)9-5-16-6-10-26-12-16/h6,10,12,14,17-18,25H,4-5,7-9,11,13H2,1-3H3/t14-,17+,18?,20+,21-,22-/m1/s1. The second-order valence-electron chi connectivity index (χ2n) is 9.32. The number of hydrogen-bond acceptors (Lipinski definition) is 6. The lowest BCUT2D eigenvalue weighted by Crippen LogP contribution is -2.73. The molecule has 1 unspecified atom stereocenters. The summed E-state index contributed by atoms with van der Waals surface area (Å²) in [6.07, 6.45) is 7.10. The molecule has 2 aliphatic carbocycles. The van der Waals surface area contributed by atoms with E-state index in [0.29, 0.717) is 25.7 Å². The maximum atomic E-state index is 12.8. The second kappa shape index (κ2) is 6.61. The summed E-state index contributed by atoms with van der Waals surface area (Å²) >= 11 is 0. The van der Waals surface area contributed by atoms with Gasteiger partial charge < -0.3 is 19.0 Å². The number of cyclic esters (lactones) is 1. The van der Waals surface area contributed by atoms with Crippen LogP contribution in [0.15, 0.2) is 23.0 Å². The number of carbonyl (C=O) groups excluding carboxylic acids is 2. The highest BCUT2D eigenvalue weighted by molar-refractivity contribution is 5.78. The van der Waals surface area contributed by atoms with Crippen LogP contribution < -0.4 is 0 Å². The fourth-order valence-corrected chi connectivity index (χ4v) is 6.58. The molecule has 1 aromatic rings.